The van der Waals surface area contributed by atoms with E-state index in [0.717, 1.165) is 6.07 Å². The second kappa shape index (κ2) is 8.68. The smallest absolute Gasteiger partial charge is 0.229 e. The van der Waals surface area contributed by atoms with Crippen LogP contribution in [0.1, 0.15) is 11.1 Å². The molecular weight excluding hydrogens is 384 g/mol. The highest BCUT2D eigenvalue weighted by Gasteiger charge is 2.45. The van der Waals surface area contributed by atoms with Gasteiger partial charge in [-0.2, -0.15) is 0 Å². The van der Waals surface area contributed by atoms with E-state index < -0.39 is 43.1 Å². The first-order chi connectivity index (χ1) is 13.8. The number of aliphatic hydroxyl groups excluding tert-OH is 4. The average molecular weight is 406 g/mol. The van der Waals surface area contributed by atoms with Gasteiger partial charge in [-0.3, -0.25) is 0 Å². The fourth-order valence-corrected chi connectivity index (χ4v) is 2.92. The zero-order chi connectivity index (χ0) is 21.1. The van der Waals surface area contributed by atoms with Crippen LogP contribution in [0, 0.1) is 0 Å². The molecule has 0 aliphatic carbocycles. The van der Waals surface area contributed by atoms with Crippen molar-refractivity contribution in [2.75, 3.05) is 6.61 Å². The quantitative estimate of drug-likeness (QED) is 0.343. The molecule has 5 atom stereocenters. The molecule has 7 N–H and O–H groups in total. The lowest BCUT2D eigenvalue weighted by Gasteiger charge is -2.39. The lowest BCUT2D eigenvalue weighted by atomic mass is 9.99. The second-order valence-corrected chi connectivity index (χ2v) is 6.62. The molecule has 2 aromatic rings. The van der Waals surface area contributed by atoms with Gasteiger partial charge in [0, 0.05) is 11.6 Å². The number of aliphatic hydroxyl groups is 4. The van der Waals surface area contributed by atoms with Crippen molar-refractivity contribution in [3.63, 3.8) is 0 Å². The lowest BCUT2D eigenvalue weighted by molar-refractivity contribution is -0.277. The SMILES string of the molecule is OC[C@H]1O[C@@H](Oc2c(O)cc(O)cc2/C=C/c2ccc(O)cc2)[C@H](O)[C@H](O)[C@@H]1O. The summed E-state index contributed by atoms with van der Waals surface area (Å²) in [5.74, 6) is -0.743. The maximum atomic E-state index is 10.2. The van der Waals surface area contributed by atoms with Crippen LogP contribution in [0.3, 0.4) is 0 Å². The Morgan fingerprint density at radius 3 is 2.21 bits per heavy atom. The van der Waals surface area contributed by atoms with Crippen molar-refractivity contribution in [1.82, 2.24) is 0 Å². The third-order valence-electron chi connectivity index (χ3n) is 4.51. The summed E-state index contributed by atoms with van der Waals surface area (Å²) in [7, 11) is 0. The standard InChI is InChI=1S/C20H22O9/c21-9-15-16(25)17(26)18(27)20(28-15)29-19-11(7-13(23)8-14(19)24)4-1-10-2-5-12(22)6-3-10/h1-8,15-18,20-27H,9H2/b4-1+/t15-,16-,17-,18-,20+/m1/s1. The molecule has 0 saturated carbocycles. The Kier molecular flexibility index (Phi) is 6.26. The fraction of sp³-hybridized carbons (Fsp3) is 0.300. The Morgan fingerprint density at radius 2 is 1.55 bits per heavy atom. The van der Waals surface area contributed by atoms with Crippen molar-refractivity contribution in [3.05, 3.63) is 47.5 Å². The summed E-state index contributed by atoms with van der Waals surface area (Å²) >= 11 is 0. The zero-order valence-electron chi connectivity index (χ0n) is 15.2. The van der Waals surface area contributed by atoms with E-state index in [0.29, 0.717) is 5.56 Å². The number of phenols is 3. The maximum Gasteiger partial charge on any atom is 0.229 e. The molecule has 29 heavy (non-hydrogen) atoms. The monoisotopic (exact) mass is 406 g/mol. The summed E-state index contributed by atoms with van der Waals surface area (Å²) in [4.78, 5) is 0. The highest BCUT2D eigenvalue weighted by Crippen LogP contribution is 2.38. The number of phenolic OH excluding ortho intramolecular Hbond substituents is 3. The summed E-state index contributed by atoms with van der Waals surface area (Å²) < 4.78 is 10.8. The van der Waals surface area contributed by atoms with Crippen molar-refractivity contribution >= 4 is 12.2 Å². The summed E-state index contributed by atoms with van der Waals surface area (Å²) in [6.45, 7) is -0.625. The van der Waals surface area contributed by atoms with Crippen molar-refractivity contribution in [2.45, 2.75) is 30.7 Å². The van der Waals surface area contributed by atoms with Crippen LogP contribution in [0.2, 0.25) is 0 Å². The molecule has 9 nitrogen and oxygen atoms in total. The normalized spacial score (nSPS) is 27.2. The Hall–Kier alpha value is -2.82. The average Bonchev–Trinajstić information content (AvgIpc) is 2.69. The highest BCUT2D eigenvalue weighted by atomic mass is 16.7. The van der Waals surface area contributed by atoms with Gasteiger partial charge in [0.1, 0.15) is 35.9 Å². The number of ether oxygens (including phenoxy) is 2. The van der Waals surface area contributed by atoms with Gasteiger partial charge in [0.05, 0.1) is 6.61 Å². The molecule has 1 fully saturated rings. The molecule has 9 heteroatoms. The number of hydrogen-bond acceptors (Lipinski definition) is 9. The number of aromatic hydroxyl groups is 3. The molecule has 2 aromatic carbocycles. The Morgan fingerprint density at radius 1 is 0.862 bits per heavy atom. The van der Waals surface area contributed by atoms with Crippen LogP contribution in [-0.2, 0) is 4.74 Å². The third kappa shape index (κ3) is 4.61. The summed E-state index contributed by atoms with van der Waals surface area (Å²) in [5.41, 5.74) is 0.942. The van der Waals surface area contributed by atoms with Crippen molar-refractivity contribution in [2.24, 2.45) is 0 Å². The predicted octanol–water partition coefficient (Wildman–Crippen LogP) is 0.152. The maximum absolute atomic E-state index is 10.2. The lowest BCUT2D eigenvalue weighted by Crippen LogP contribution is -2.60. The van der Waals surface area contributed by atoms with Crippen LogP contribution in [0.15, 0.2) is 36.4 Å². The Balaban J connectivity index is 1.89. The van der Waals surface area contributed by atoms with Gasteiger partial charge in [-0.1, -0.05) is 24.3 Å². The minimum absolute atomic E-state index is 0.101. The molecule has 0 aromatic heterocycles. The van der Waals surface area contributed by atoms with E-state index in [1.54, 1.807) is 18.2 Å². The van der Waals surface area contributed by atoms with Gasteiger partial charge in [-0.05, 0) is 23.8 Å². The molecule has 1 heterocycles. The molecule has 0 bridgehead atoms. The molecule has 156 valence electrons. The Bertz CT molecular complexity index is 863. The van der Waals surface area contributed by atoms with Gasteiger partial charge >= 0.3 is 0 Å². The molecule has 3 rings (SSSR count). The van der Waals surface area contributed by atoms with Crippen LogP contribution < -0.4 is 4.74 Å². The number of hydrogen-bond donors (Lipinski definition) is 7. The topological polar surface area (TPSA) is 160 Å². The van der Waals surface area contributed by atoms with Crippen molar-refractivity contribution in [1.29, 1.82) is 0 Å². The number of rotatable bonds is 5. The predicted molar refractivity (Wildman–Crippen MR) is 101 cm³/mol. The van der Waals surface area contributed by atoms with Gasteiger partial charge in [-0.25, -0.2) is 0 Å². The first kappa shape index (κ1) is 20.9. The van der Waals surface area contributed by atoms with Crippen molar-refractivity contribution < 1.29 is 45.2 Å². The van der Waals surface area contributed by atoms with Gasteiger partial charge < -0.3 is 45.2 Å². The van der Waals surface area contributed by atoms with Crippen LogP contribution in [0.25, 0.3) is 12.2 Å². The molecule has 1 saturated heterocycles. The molecule has 1 aliphatic rings. The summed E-state index contributed by atoms with van der Waals surface area (Å²) in [5, 5.41) is 68.5. The van der Waals surface area contributed by atoms with Crippen molar-refractivity contribution in [3.8, 4) is 23.0 Å². The van der Waals surface area contributed by atoms with Gasteiger partial charge in [0.25, 0.3) is 0 Å². The molecule has 0 radical (unpaired) electrons. The van der Waals surface area contributed by atoms with E-state index in [2.05, 4.69) is 0 Å². The molecule has 0 spiro atoms. The number of benzene rings is 2. The largest absolute Gasteiger partial charge is 0.508 e. The second-order valence-electron chi connectivity index (χ2n) is 6.62. The highest BCUT2D eigenvalue weighted by molar-refractivity contribution is 5.75. The summed E-state index contributed by atoms with van der Waals surface area (Å²) in [6.07, 6.45) is -4.36. The van der Waals surface area contributed by atoms with E-state index >= 15 is 0 Å². The van der Waals surface area contributed by atoms with E-state index in [1.165, 1.54) is 24.3 Å². The fourth-order valence-electron chi connectivity index (χ4n) is 2.92. The van der Waals surface area contributed by atoms with Crippen LogP contribution >= 0.6 is 0 Å². The van der Waals surface area contributed by atoms with Gasteiger partial charge in [-0.15, -0.1) is 0 Å². The first-order valence-electron chi connectivity index (χ1n) is 8.80. The first-order valence-corrected chi connectivity index (χ1v) is 8.80. The van der Waals surface area contributed by atoms with E-state index in [9.17, 15) is 35.7 Å². The minimum Gasteiger partial charge on any atom is -0.508 e. The van der Waals surface area contributed by atoms with Crippen LogP contribution in [0.5, 0.6) is 23.0 Å². The minimum atomic E-state index is -1.66. The molecular formula is C20H22O9. The van der Waals surface area contributed by atoms with E-state index in [-0.39, 0.29) is 22.8 Å². The third-order valence-corrected chi connectivity index (χ3v) is 4.51. The van der Waals surface area contributed by atoms with Crippen LogP contribution in [-0.4, -0.2) is 73.1 Å². The van der Waals surface area contributed by atoms with E-state index in [1.807, 2.05) is 0 Å². The summed E-state index contributed by atoms with van der Waals surface area (Å²) in [6, 6.07) is 8.60. The molecule has 0 amide bonds. The van der Waals surface area contributed by atoms with Crippen LogP contribution in [0.4, 0.5) is 0 Å². The van der Waals surface area contributed by atoms with Gasteiger partial charge in [0.2, 0.25) is 6.29 Å². The van der Waals surface area contributed by atoms with E-state index in [4.69, 9.17) is 9.47 Å². The molecule has 0 unspecified atom stereocenters. The Labute approximate surface area is 165 Å². The molecule has 1 aliphatic heterocycles. The van der Waals surface area contributed by atoms with Gasteiger partial charge in [0.15, 0.2) is 11.5 Å². The zero-order valence-corrected chi connectivity index (χ0v) is 15.2.